The van der Waals surface area contributed by atoms with Gasteiger partial charge in [-0.25, -0.2) is 0 Å². The molecule has 0 radical (unpaired) electrons. The Morgan fingerprint density at radius 3 is 3.11 bits per heavy atom. The molecule has 1 atom stereocenters. The summed E-state index contributed by atoms with van der Waals surface area (Å²) in [5, 5.41) is 8.86. The molecule has 0 aromatic heterocycles. The third kappa shape index (κ3) is 4.02. The molecule has 19 heavy (non-hydrogen) atoms. The smallest absolute Gasteiger partial charge is 0.0992 e. The van der Waals surface area contributed by atoms with Gasteiger partial charge in [-0.05, 0) is 17.7 Å². The van der Waals surface area contributed by atoms with Crippen molar-refractivity contribution < 1.29 is 9.47 Å². The molecule has 1 aromatic carbocycles. The highest BCUT2D eigenvalue weighted by Gasteiger charge is 2.20. The van der Waals surface area contributed by atoms with E-state index in [9.17, 15) is 0 Å². The molecule has 1 aromatic rings. The number of morpholine rings is 1. The fraction of sp³-hybridized carbons (Fsp3) is 0.500. The normalized spacial score (nSPS) is 20.2. The van der Waals surface area contributed by atoms with Crippen LogP contribution in [0, 0.1) is 11.3 Å². The van der Waals surface area contributed by atoms with Crippen LogP contribution >= 0.6 is 15.9 Å². The van der Waals surface area contributed by atoms with E-state index in [1.165, 1.54) is 5.56 Å². The molecule has 5 heteroatoms. The van der Waals surface area contributed by atoms with Crippen molar-refractivity contribution in [2.24, 2.45) is 0 Å². The van der Waals surface area contributed by atoms with Gasteiger partial charge in [-0.2, -0.15) is 5.26 Å². The molecule has 1 aliphatic heterocycles. The maximum atomic E-state index is 8.86. The van der Waals surface area contributed by atoms with Gasteiger partial charge in [0.25, 0.3) is 0 Å². The SMILES string of the molecule is COC[C@@H]1CN(Cc2ccc(C#N)cc2Br)CCO1. The number of nitriles is 1. The second-order valence-electron chi connectivity index (χ2n) is 4.60. The molecule has 0 N–H and O–H groups in total. The van der Waals surface area contributed by atoms with Crippen LogP contribution in [0.25, 0.3) is 0 Å². The quantitative estimate of drug-likeness (QED) is 0.851. The number of hydrogen-bond donors (Lipinski definition) is 0. The summed E-state index contributed by atoms with van der Waals surface area (Å²) in [6, 6.07) is 7.86. The third-order valence-electron chi connectivity index (χ3n) is 3.15. The first-order valence-electron chi connectivity index (χ1n) is 6.24. The molecule has 1 aliphatic rings. The minimum absolute atomic E-state index is 0.149. The molecule has 1 fully saturated rings. The monoisotopic (exact) mass is 324 g/mol. The van der Waals surface area contributed by atoms with Crippen molar-refractivity contribution in [3.63, 3.8) is 0 Å². The summed E-state index contributed by atoms with van der Waals surface area (Å²) in [4.78, 5) is 2.35. The van der Waals surface area contributed by atoms with Crippen molar-refractivity contribution in [1.29, 1.82) is 5.26 Å². The average molecular weight is 325 g/mol. The number of halogens is 1. The van der Waals surface area contributed by atoms with Crippen LogP contribution in [0.5, 0.6) is 0 Å². The van der Waals surface area contributed by atoms with Gasteiger partial charge < -0.3 is 9.47 Å². The number of ether oxygens (including phenoxy) is 2. The molecule has 0 unspecified atom stereocenters. The molecule has 2 rings (SSSR count). The molecule has 4 nitrogen and oxygen atoms in total. The number of methoxy groups -OCH3 is 1. The Balaban J connectivity index is 1.99. The van der Waals surface area contributed by atoms with Crippen LogP contribution in [0.4, 0.5) is 0 Å². The highest BCUT2D eigenvalue weighted by atomic mass is 79.9. The molecular weight excluding hydrogens is 308 g/mol. The van der Waals surface area contributed by atoms with E-state index >= 15 is 0 Å². The van der Waals surface area contributed by atoms with E-state index in [2.05, 4.69) is 26.9 Å². The molecule has 0 spiro atoms. The minimum Gasteiger partial charge on any atom is -0.382 e. The Bertz CT molecular complexity index is 471. The Morgan fingerprint density at radius 1 is 1.58 bits per heavy atom. The van der Waals surface area contributed by atoms with Crippen LogP contribution in [0.15, 0.2) is 22.7 Å². The highest BCUT2D eigenvalue weighted by Crippen LogP contribution is 2.21. The van der Waals surface area contributed by atoms with Crippen LogP contribution in [0.3, 0.4) is 0 Å². The summed E-state index contributed by atoms with van der Waals surface area (Å²) in [6.45, 7) is 4.02. The van der Waals surface area contributed by atoms with Gasteiger partial charge in [-0.3, -0.25) is 4.90 Å². The van der Waals surface area contributed by atoms with Gasteiger partial charge in [-0.1, -0.05) is 22.0 Å². The maximum Gasteiger partial charge on any atom is 0.0992 e. The predicted octanol–water partition coefficient (Wildman–Crippen LogP) is 2.17. The van der Waals surface area contributed by atoms with Gasteiger partial charge in [0, 0.05) is 31.2 Å². The summed E-state index contributed by atoms with van der Waals surface area (Å²) < 4.78 is 11.8. The Kier molecular flexibility index (Phi) is 5.34. The number of benzene rings is 1. The molecule has 0 saturated carbocycles. The lowest BCUT2D eigenvalue weighted by molar-refractivity contribution is -0.0631. The van der Waals surface area contributed by atoms with E-state index in [-0.39, 0.29) is 6.10 Å². The van der Waals surface area contributed by atoms with E-state index in [0.29, 0.717) is 12.2 Å². The zero-order valence-corrected chi connectivity index (χ0v) is 12.5. The van der Waals surface area contributed by atoms with E-state index in [1.54, 1.807) is 7.11 Å². The van der Waals surface area contributed by atoms with Crippen molar-refractivity contribution in [2.75, 3.05) is 33.4 Å². The number of rotatable bonds is 4. The molecular formula is C14H17BrN2O2. The summed E-state index contributed by atoms with van der Waals surface area (Å²) in [5.41, 5.74) is 1.87. The van der Waals surface area contributed by atoms with Gasteiger partial charge >= 0.3 is 0 Å². The summed E-state index contributed by atoms with van der Waals surface area (Å²) in [7, 11) is 1.69. The van der Waals surface area contributed by atoms with Gasteiger partial charge in [0.05, 0.1) is 31.0 Å². The van der Waals surface area contributed by atoms with Gasteiger partial charge in [0.1, 0.15) is 0 Å². The second kappa shape index (κ2) is 7.01. The van der Waals surface area contributed by atoms with E-state index in [1.807, 2.05) is 18.2 Å². The van der Waals surface area contributed by atoms with E-state index in [0.717, 1.165) is 30.7 Å². The predicted molar refractivity (Wildman–Crippen MR) is 75.8 cm³/mol. The van der Waals surface area contributed by atoms with Gasteiger partial charge in [-0.15, -0.1) is 0 Å². The van der Waals surface area contributed by atoms with Gasteiger partial charge in [0.15, 0.2) is 0 Å². The Labute approximate surface area is 122 Å². The summed E-state index contributed by atoms with van der Waals surface area (Å²) >= 11 is 3.53. The lowest BCUT2D eigenvalue weighted by Gasteiger charge is -2.32. The Hall–Kier alpha value is -0.930. The third-order valence-corrected chi connectivity index (χ3v) is 3.89. The van der Waals surface area contributed by atoms with Crippen LogP contribution < -0.4 is 0 Å². The van der Waals surface area contributed by atoms with Crippen molar-refractivity contribution in [2.45, 2.75) is 12.6 Å². The van der Waals surface area contributed by atoms with Crippen LogP contribution in [0.1, 0.15) is 11.1 Å². The first-order chi connectivity index (χ1) is 9.22. The minimum atomic E-state index is 0.149. The molecule has 0 bridgehead atoms. The number of hydrogen-bond acceptors (Lipinski definition) is 4. The highest BCUT2D eigenvalue weighted by molar-refractivity contribution is 9.10. The van der Waals surface area contributed by atoms with Crippen molar-refractivity contribution in [1.82, 2.24) is 4.90 Å². The van der Waals surface area contributed by atoms with E-state index < -0.39 is 0 Å². The average Bonchev–Trinajstić information content (AvgIpc) is 2.42. The zero-order valence-electron chi connectivity index (χ0n) is 10.9. The van der Waals surface area contributed by atoms with E-state index in [4.69, 9.17) is 14.7 Å². The van der Waals surface area contributed by atoms with Crippen molar-refractivity contribution >= 4 is 15.9 Å². The van der Waals surface area contributed by atoms with Crippen molar-refractivity contribution in [3.05, 3.63) is 33.8 Å². The summed E-state index contributed by atoms with van der Waals surface area (Å²) in [5.74, 6) is 0. The largest absolute Gasteiger partial charge is 0.382 e. The lowest BCUT2D eigenvalue weighted by atomic mass is 10.1. The first kappa shape index (κ1) is 14.5. The lowest BCUT2D eigenvalue weighted by Crippen LogP contribution is -2.43. The van der Waals surface area contributed by atoms with Crippen molar-refractivity contribution in [3.8, 4) is 6.07 Å². The number of nitrogens with zero attached hydrogens (tertiary/aromatic N) is 2. The fourth-order valence-electron chi connectivity index (χ4n) is 2.20. The molecule has 102 valence electrons. The van der Waals surface area contributed by atoms with Crippen LogP contribution in [-0.2, 0) is 16.0 Å². The molecule has 1 saturated heterocycles. The molecule has 1 heterocycles. The second-order valence-corrected chi connectivity index (χ2v) is 5.46. The van der Waals surface area contributed by atoms with Crippen LogP contribution in [0.2, 0.25) is 0 Å². The Morgan fingerprint density at radius 2 is 2.42 bits per heavy atom. The zero-order chi connectivity index (χ0) is 13.7. The summed E-state index contributed by atoms with van der Waals surface area (Å²) in [6.07, 6.45) is 0.149. The first-order valence-corrected chi connectivity index (χ1v) is 7.03. The standard InChI is InChI=1S/C14H17BrN2O2/c1-18-10-13-9-17(4-5-19-13)8-12-3-2-11(7-16)6-14(12)15/h2-3,6,13H,4-5,8-10H2,1H3/t13-/m0/s1. The fourth-order valence-corrected chi connectivity index (χ4v) is 2.70. The molecule has 0 amide bonds. The van der Waals surface area contributed by atoms with Gasteiger partial charge in [0.2, 0.25) is 0 Å². The van der Waals surface area contributed by atoms with Crippen LogP contribution in [-0.4, -0.2) is 44.4 Å². The molecule has 0 aliphatic carbocycles. The topological polar surface area (TPSA) is 45.5 Å². The maximum absolute atomic E-state index is 8.86.